The van der Waals surface area contributed by atoms with Gasteiger partial charge in [-0.05, 0) is 25.1 Å². The normalized spacial score (nSPS) is 12.6. The first-order chi connectivity index (χ1) is 8.51. The Kier molecular flexibility index (Phi) is 3.25. The summed E-state index contributed by atoms with van der Waals surface area (Å²) in [5, 5.41) is 9.82. The maximum Gasteiger partial charge on any atom is 0.305 e. The molecule has 5 heteroatoms. The van der Waals surface area contributed by atoms with E-state index in [0.29, 0.717) is 11.3 Å². The Bertz CT molecular complexity index is 589. The molecular weight excluding hydrogens is 232 g/mol. The fourth-order valence-corrected chi connectivity index (χ4v) is 2.09. The number of carbonyl (C=O) groups is 1. The number of aromatic amines is 1. The van der Waals surface area contributed by atoms with E-state index in [1.807, 2.05) is 25.1 Å². The third-order valence-corrected chi connectivity index (χ3v) is 2.90. The molecule has 0 saturated carbocycles. The number of aliphatic carboxylic acids is 1. The van der Waals surface area contributed by atoms with Crippen LogP contribution in [0.3, 0.4) is 0 Å². The van der Waals surface area contributed by atoms with Crippen LogP contribution in [-0.2, 0) is 4.79 Å². The number of hydrogen-bond donors (Lipinski definition) is 3. The van der Waals surface area contributed by atoms with Gasteiger partial charge in [-0.3, -0.25) is 4.79 Å². The van der Waals surface area contributed by atoms with Gasteiger partial charge in [0.25, 0.3) is 0 Å². The summed E-state index contributed by atoms with van der Waals surface area (Å²) >= 11 is 0. The summed E-state index contributed by atoms with van der Waals surface area (Å²) in [6.07, 6.45) is -0.123. The second-order valence-corrected chi connectivity index (χ2v) is 4.34. The van der Waals surface area contributed by atoms with Crippen molar-refractivity contribution >= 4 is 16.9 Å². The molecule has 0 amide bonds. The van der Waals surface area contributed by atoms with Gasteiger partial charge in [0.15, 0.2) is 0 Å². The molecule has 0 aliphatic carbocycles. The zero-order valence-electron chi connectivity index (χ0n) is 10.4. The first-order valence-electron chi connectivity index (χ1n) is 5.66. The molecule has 2 rings (SSSR count). The molecule has 1 atom stereocenters. The Morgan fingerprint density at radius 1 is 1.50 bits per heavy atom. The summed E-state index contributed by atoms with van der Waals surface area (Å²) in [6, 6.07) is 5.15. The number of rotatable bonds is 4. The van der Waals surface area contributed by atoms with E-state index in [-0.39, 0.29) is 6.42 Å². The van der Waals surface area contributed by atoms with E-state index in [4.69, 9.17) is 15.6 Å². The number of benzene rings is 1. The van der Waals surface area contributed by atoms with Crippen molar-refractivity contribution in [2.24, 2.45) is 5.73 Å². The van der Waals surface area contributed by atoms with E-state index < -0.39 is 12.0 Å². The number of carboxylic acid groups (broad SMARTS) is 1. The molecule has 4 N–H and O–H groups in total. The largest absolute Gasteiger partial charge is 0.496 e. The van der Waals surface area contributed by atoms with E-state index in [1.54, 1.807) is 7.11 Å². The number of ether oxygens (including phenoxy) is 1. The first kappa shape index (κ1) is 12.4. The Morgan fingerprint density at radius 3 is 2.83 bits per heavy atom. The molecule has 1 unspecified atom stereocenters. The second-order valence-electron chi connectivity index (χ2n) is 4.34. The smallest absolute Gasteiger partial charge is 0.305 e. The molecule has 0 fully saturated rings. The van der Waals surface area contributed by atoms with Crippen LogP contribution in [0.2, 0.25) is 0 Å². The molecule has 0 radical (unpaired) electrons. The van der Waals surface area contributed by atoms with Gasteiger partial charge in [0, 0.05) is 28.2 Å². The molecule has 0 aliphatic rings. The van der Waals surface area contributed by atoms with Gasteiger partial charge >= 0.3 is 5.97 Å². The average Bonchev–Trinajstić information content (AvgIpc) is 2.65. The van der Waals surface area contributed by atoms with Crippen LogP contribution in [0.1, 0.15) is 23.7 Å². The van der Waals surface area contributed by atoms with Gasteiger partial charge in [0.2, 0.25) is 0 Å². The van der Waals surface area contributed by atoms with Crippen LogP contribution in [0.15, 0.2) is 18.2 Å². The van der Waals surface area contributed by atoms with Crippen LogP contribution in [0.25, 0.3) is 10.9 Å². The van der Waals surface area contributed by atoms with Crippen molar-refractivity contribution in [2.75, 3.05) is 7.11 Å². The lowest BCUT2D eigenvalue weighted by atomic mass is 10.0. The molecule has 0 aliphatic heterocycles. The minimum absolute atomic E-state index is 0.123. The number of nitrogens with one attached hydrogen (secondary N) is 1. The SMILES string of the molecule is COc1cc2cc(C)[nH]c2cc1C(N)CC(=O)O. The fraction of sp³-hybridized carbons (Fsp3) is 0.308. The Balaban J connectivity index is 2.50. The molecule has 18 heavy (non-hydrogen) atoms. The van der Waals surface area contributed by atoms with E-state index in [1.165, 1.54) is 0 Å². The van der Waals surface area contributed by atoms with Gasteiger partial charge < -0.3 is 20.6 Å². The summed E-state index contributed by atoms with van der Waals surface area (Å²) in [4.78, 5) is 13.9. The quantitative estimate of drug-likeness (QED) is 0.771. The van der Waals surface area contributed by atoms with Crippen LogP contribution in [0, 0.1) is 6.92 Å². The van der Waals surface area contributed by atoms with Crippen molar-refractivity contribution in [1.82, 2.24) is 4.98 Å². The van der Waals surface area contributed by atoms with Crippen LogP contribution in [-0.4, -0.2) is 23.2 Å². The Hall–Kier alpha value is -2.01. The number of fused-ring (bicyclic) bond motifs is 1. The number of nitrogens with two attached hydrogens (primary N) is 1. The molecule has 5 nitrogen and oxygen atoms in total. The minimum Gasteiger partial charge on any atom is -0.496 e. The van der Waals surface area contributed by atoms with Gasteiger partial charge in [-0.1, -0.05) is 0 Å². The highest BCUT2D eigenvalue weighted by Crippen LogP contribution is 2.31. The summed E-state index contributed by atoms with van der Waals surface area (Å²) in [7, 11) is 1.55. The third-order valence-electron chi connectivity index (χ3n) is 2.90. The van der Waals surface area contributed by atoms with Gasteiger partial charge in [0.05, 0.1) is 13.5 Å². The van der Waals surface area contributed by atoms with Crippen LogP contribution in [0.4, 0.5) is 0 Å². The third kappa shape index (κ3) is 2.31. The topological polar surface area (TPSA) is 88.3 Å². The average molecular weight is 248 g/mol. The highest BCUT2D eigenvalue weighted by molar-refractivity contribution is 5.83. The fourth-order valence-electron chi connectivity index (χ4n) is 2.09. The van der Waals surface area contributed by atoms with E-state index in [2.05, 4.69) is 4.98 Å². The number of H-pyrrole nitrogens is 1. The van der Waals surface area contributed by atoms with Crippen LogP contribution >= 0.6 is 0 Å². The predicted molar refractivity (Wildman–Crippen MR) is 68.8 cm³/mol. The molecule has 2 aromatic rings. The van der Waals surface area contributed by atoms with Crippen molar-refractivity contribution in [3.05, 3.63) is 29.5 Å². The zero-order chi connectivity index (χ0) is 13.3. The van der Waals surface area contributed by atoms with Crippen LogP contribution < -0.4 is 10.5 Å². The lowest BCUT2D eigenvalue weighted by Crippen LogP contribution is -2.15. The van der Waals surface area contributed by atoms with Crippen molar-refractivity contribution < 1.29 is 14.6 Å². The molecule has 0 bridgehead atoms. The van der Waals surface area contributed by atoms with Crippen molar-refractivity contribution in [2.45, 2.75) is 19.4 Å². The monoisotopic (exact) mass is 248 g/mol. The summed E-state index contributed by atoms with van der Waals surface area (Å²) in [5.74, 6) is -0.303. The molecule has 1 heterocycles. The zero-order valence-corrected chi connectivity index (χ0v) is 10.4. The highest BCUT2D eigenvalue weighted by atomic mass is 16.5. The van der Waals surface area contributed by atoms with E-state index in [0.717, 1.165) is 16.6 Å². The Labute approximate surface area is 105 Å². The van der Waals surface area contributed by atoms with Gasteiger partial charge in [0.1, 0.15) is 5.75 Å². The summed E-state index contributed by atoms with van der Waals surface area (Å²) in [5.41, 5.74) is 8.57. The molecule has 1 aromatic carbocycles. The molecule has 0 spiro atoms. The van der Waals surface area contributed by atoms with Gasteiger partial charge in [-0.2, -0.15) is 0 Å². The minimum atomic E-state index is -0.924. The first-order valence-corrected chi connectivity index (χ1v) is 5.66. The van der Waals surface area contributed by atoms with Crippen molar-refractivity contribution in [3.63, 3.8) is 0 Å². The highest BCUT2D eigenvalue weighted by Gasteiger charge is 2.16. The number of carboxylic acids is 1. The summed E-state index contributed by atoms with van der Waals surface area (Å²) in [6.45, 7) is 1.96. The van der Waals surface area contributed by atoms with Gasteiger partial charge in [-0.15, -0.1) is 0 Å². The van der Waals surface area contributed by atoms with Crippen molar-refractivity contribution in [3.8, 4) is 5.75 Å². The van der Waals surface area contributed by atoms with Crippen LogP contribution in [0.5, 0.6) is 5.75 Å². The molecule has 1 aromatic heterocycles. The molecule has 96 valence electrons. The lowest BCUT2D eigenvalue weighted by molar-refractivity contribution is -0.137. The summed E-state index contributed by atoms with van der Waals surface area (Å²) < 4.78 is 5.28. The maximum absolute atomic E-state index is 10.7. The van der Waals surface area contributed by atoms with E-state index in [9.17, 15) is 4.79 Å². The second kappa shape index (κ2) is 4.70. The van der Waals surface area contributed by atoms with E-state index >= 15 is 0 Å². The Morgan fingerprint density at radius 2 is 2.22 bits per heavy atom. The number of methoxy groups -OCH3 is 1. The van der Waals surface area contributed by atoms with Gasteiger partial charge in [-0.25, -0.2) is 0 Å². The standard InChI is InChI=1S/C13H16N2O3/c1-7-3-8-4-12(18-2)9(5-11(8)15-7)10(14)6-13(16)17/h3-5,10,15H,6,14H2,1-2H3,(H,16,17). The predicted octanol–water partition coefficient (Wildman–Crippen LogP) is 1.96. The van der Waals surface area contributed by atoms with Crippen molar-refractivity contribution in [1.29, 1.82) is 0 Å². The number of aromatic nitrogens is 1. The number of hydrogen-bond acceptors (Lipinski definition) is 3. The maximum atomic E-state index is 10.7. The molecule has 0 saturated heterocycles. The number of aryl methyl sites for hydroxylation is 1. The molecular formula is C13H16N2O3. The lowest BCUT2D eigenvalue weighted by Gasteiger charge is -2.14.